The Kier molecular flexibility index (Phi) is 3.81. The molecule has 55 valence electrons. The molecule has 0 aliphatic heterocycles. The third-order valence-corrected chi connectivity index (χ3v) is 0.850. The molecule has 0 heterocycles. The molecule has 0 fully saturated rings. The minimum Gasteiger partial charge on any atom is -0.741 e. The van der Waals surface area contributed by atoms with Gasteiger partial charge in [0.15, 0.2) is 10.1 Å². The van der Waals surface area contributed by atoms with Crippen LogP contribution in [0.25, 0.3) is 0 Å². The second-order valence-electron chi connectivity index (χ2n) is 0.900. The minimum absolute atomic E-state index is 0. The topological polar surface area (TPSA) is 57.2 Å². The van der Waals surface area contributed by atoms with Crippen LogP contribution < -0.4 is 0 Å². The van der Waals surface area contributed by atoms with Gasteiger partial charge in [0.2, 0.25) is 0 Å². The van der Waals surface area contributed by atoms with E-state index in [4.69, 9.17) is 13.0 Å². The van der Waals surface area contributed by atoms with Gasteiger partial charge in [0, 0.05) is 0 Å². The van der Waals surface area contributed by atoms with Crippen LogP contribution in [0.15, 0.2) is 0 Å². The van der Waals surface area contributed by atoms with Crippen molar-refractivity contribution in [3.05, 3.63) is 0 Å². The van der Waals surface area contributed by atoms with Gasteiger partial charge in [0.05, 0.1) is 0 Å². The van der Waals surface area contributed by atoms with E-state index in [0.29, 0.717) is 0 Å². The smallest absolute Gasteiger partial charge is 0.741 e. The van der Waals surface area contributed by atoms with Gasteiger partial charge in [-0.15, -0.1) is 0 Å². The molecule has 0 saturated carbocycles. The Hall–Kier alpha value is 0.219. The van der Waals surface area contributed by atoms with E-state index in [1.165, 1.54) is 0 Å². The van der Waals surface area contributed by atoms with Crippen LogP contribution in [0.3, 0.4) is 0 Å². The van der Waals surface area contributed by atoms with Crippen molar-refractivity contribution in [2.45, 2.75) is 5.51 Å². The molecule has 0 bridgehead atoms. The van der Waals surface area contributed by atoms with Crippen LogP contribution in [0, 0.1) is 0 Å². The van der Waals surface area contributed by atoms with Gasteiger partial charge >= 0.3 is 22.6 Å². The molecular weight excluding hydrogens is 204 g/mol. The Balaban J connectivity index is 0. The second kappa shape index (κ2) is 2.87. The van der Waals surface area contributed by atoms with Gasteiger partial charge < -0.3 is 4.55 Å². The fraction of sp³-hybridized carbons (Fsp3) is 1.00. The van der Waals surface area contributed by atoms with E-state index in [1.807, 2.05) is 0 Å². The zero-order valence-corrected chi connectivity index (χ0v) is 5.64. The maximum Gasteiger partial charge on any atom is 2.00 e. The first-order valence-electron chi connectivity index (χ1n) is 1.27. The van der Waals surface area contributed by atoms with Crippen molar-refractivity contribution >= 4 is 10.1 Å². The van der Waals surface area contributed by atoms with Gasteiger partial charge in [-0.2, -0.15) is 13.2 Å². The van der Waals surface area contributed by atoms with Gasteiger partial charge in [-0.25, -0.2) is 8.42 Å². The van der Waals surface area contributed by atoms with Crippen molar-refractivity contribution in [2.24, 2.45) is 0 Å². The van der Waals surface area contributed by atoms with E-state index in [9.17, 15) is 13.2 Å². The molecule has 0 aromatic carbocycles. The van der Waals surface area contributed by atoms with Crippen molar-refractivity contribution in [3.63, 3.8) is 0 Å². The molecule has 0 saturated heterocycles. The predicted molar refractivity (Wildman–Crippen MR) is 15.8 cm³/mol. The molecule has 8 heteroatoms. The van der Waals surface area contributed by atoms with Gasteiger partial charge in [-0.1, -0.05) is 0 Å². The van der Waals surface area contributed by atoms with Crippen molar-refractivity contribution in [1.82, 2.24) is 0 Å². The summed E-state index contributed by atoms with van der Waals surface area (Å²) in [5.41, 5.74) is -5.65. The van der Waals surface area contributed by atoms with Gasteiger partial charge in [0.25, 0.3) is 0 Å². The number of halogens is 3. The summed E-state index contributed by atoms with van der Waals surface area (Å²) in [5.74, 6) is 0. The van der Waals surface area contributed by atoms with E-state index in [1.54, 1.807) is 0 Å². The standard InChI is InChI=1S/CHF3O3S.Mn/c2-1(3,4)8(5,6)7;/h(H,5,6,7);/q;+2/p-1. The quantitative estimate of drug-likeness (QED) is 0.318. The number of hydrogen-bond donors (Lipinski definition) is 0. The van der Waals surface area contributed by atoms with Crippen LogP contribution in [-0.4, -0.2) is 18.5 Å². The van der Waals surface area contributed by atoms with Gasteiger partial charge in [-0.3, -0.25) is 0 Å². The minimum atomic E-state index is -6.09. The van der Waals surface area contributed by atoms with Gasteiger partial charge in [0.1, 0.15) is 0 Å². The van der Waals surface area contributed by atoms with Crippen LogP contribution >= 0.6 is 0 Å². The van der Waals surface area contributed by atoms with Crippen molar-refractivity contribution < 1.29 is 43.2 Å². The van der Waals surface area contributed by atoms with Crippen LogP contribution in [0.5, 0.6) is 0 Å². The maximum absolute atomic E-state index is 10.7. The van der Waals surface area contributed by atoms with Crippen LogP contribution in [-0.2, 0) is 27.2 Å². The van der Waals surface area contributed by atoms with E-state index in [-0.39, 0.29) is 17.1 Å². The Bertz CT molecular complexity index is 168. The Morgan fingerprint density at radius 1 is 1.22 bits per heavy atom. The predicted octanol–water partition coefficient (Wildman–Crippen LogP) is 0.0489. The Labute approximate surface area is 59.5 Å². The van der Waals surface area contributed by atoms with E-state index in [0.717, 1.165) is 0 Å². The summed E-state index contributed by atoms with van der Waals surface area (Å²) >= 11 is 0. The molecule has 0 N–H and O–H groups in total. The average molecular weight is 204 g/mol. The zero-order chi connectivity index (χ0) is 7.00. The zero-order valence-electron chi connectivity index (χ0n) is 3.64. The largest absolute Gasteiger partial charge is 2.00 e. The first-order valence-corrected chi connectivity index (χ1v) is 2.68. The second-order valence-corrected chi connectivity index (χ2v) is 2.27. The molecular formula is CF3MnO3S+. The maximum atomic E-state index is 10.7. The molecule has 0 aromatic rings. The molecule has 0 aromatic heterocycles. The third-order valence-electron chi connectivity index (χ3n) is 0.283. The SMILES string of the molecule is O=S(=O)([O-])C(F)(F)F.[Mn+2]. The molecule has 0 amide bonds. The summed E-state index contributed by atoms with van der Waals surface area (Å²) < 4.78 is 58.9. The molecule has 0 aliphatic carbocycles. The van der Waals surface area contributed by atoms with E-state index in [2.05, 4.69) is 0 Å². The van der Waals surface area contributed by atoms with Crippen molar-refractivity contribution in [3.8, 4) is 0 Å². The number of rotatable bonds is 0. The first kappa shape index (κ1) is 12.0. The Morgan fingerprint density at radius 3 is 1.33 bits per heavy atom. The summed E-state index contributed by atoms with van der Waals surface area (Å²) in [6, 6.07) is 0. The molecule has 1 radical (unpaired) electrons. The van der Waals surface area contributed by atoms with Crippen LogP contribution in [0.2, 0.25) is 0 Å². The van der Waals surface area contributed by atoms with Gasteiger partial charge in [-0.05, 0) is 0 Å². The molecule has 9 heavy (non-hydrogen) atoms. The summed E-state index contributed by atoms with van der Waals surface area (Å²) in [4.78, 5) is 0. The summed E-state index contributed by atoms with van der Waals surface area (Å²) in [6.07, 6.45) is 0. The summed E-state index contributed by atoms with van der Waals surface area (Å²) in [6.45, 7) is 0. The van der Waals surface area contributed by atoms with Crippen molar-refractivity contribution in [2.75, 3.05) is 0 Å². The van der Waals surface area contributed by atoms with E-state index >= 15 is 0 Å². The molecule has 0 aliphatic rings. The normalized spacial score (nSPS) is 12.4. The van der Waals surface area contributed by atoms with Crippen LogP contribution in [0.1, 0.15) is 0 Å². The fourth-order valence-corrected chi connectivity index (χ4v) is 0. The summed E-state index contributed by atoms with van der Waals surface area (Å²) in [5, 5.41) is 0. The summed E-state index contributed by atoms with van der Waals surface area (Å²) in [7, 11) is -6.09. The monoisotopic (exact) mass is 204 g/mol. The number of hydrogen-bond acceptors (Lipinski definition) is 3. The molecule has 0 atom stereocenters. The molecule has 3 nitrogen and oxygen atoms in total. The molecule has 0 rings (SSSR count). The van der Waals surface area contributed by atoms with E-state index < -0.39 is 15.6 Å². The molecule has 0 unspecified atom stereocenters. The first-order chi connectivity index (χ1) is 3.25. The third kappa shape index (κ3) is 3.74. The average Bonchev–Trinajstić information content (AvgIpc) is 1.25. The molecule has 0 spiro atoms. The Morgan fingerprint density at radius 2 is 1.33 bits per heavy atom. The van der Waals surface area contributed by atoms with Crippen molar-refractivity contribution in [1.29, 1.82) is 0 Å². The fourth-order valence-electron chi connectivity index (χ4n) is 0. The number of alkyl halides is 3. The van der Waals surface area contributed by atoms with Crippen LogP contribution in [0.4, 0.5) is 13.2 Å².